The number of hydrogen-bond acceptors (Lipinski definition) is 5. The summed E-state index contributed by atoms with van der Waals surface area (Å²) >= 11 is 1.57. The Bertz CT molecular complexity index is 690. The summed E-state index contributed by atoms with van der Waals surface area (Å²) in [6, 6.07) is 7.71. The van der Waals surface area contributed by atoms with Gasteiger partial charge in [-0.1, -0.05) is 12.1 Å². The normalized spacial score (nSPS) is 10.9. The maximum Gasteiger partial charge on any atom is 0.191 e. The van der Waals surface area contributed by atoms with Gasteiger partial charge in [0.25, 0.3) is 0 Å². The molecule has 0 aliphatic rings. The minimum atomic E-state index is 0.499. The summed E-state index contributed by atoms with van der Waals surface area (Å²) in [4.78, 5) is 14.2. The van der Waals surface area contributed by atoms with E-state index in [2.05, 4.69) is 15.0 Å². The number of rotatable bonds is 1. The third kappa shape index (κ3) is 1.74. The summed E-state index contributed by atoms with van der Waals surface area (Å²) in [7, 11) is 0. The number of para-hydroxylation sites is 1. The van der Waals surface area contributed by atoms with E-state index in [1.54, 1.807) is 11.3 Å². The van der Waals surface area contributed by atoms with Crippen molar-refractivity contribution in [2.24, 2.45) is 0 Å². The highest BCUT2D eigenvalue weighted by Crippen LogP contribution is 2.25. The number of aryl methyl sites for hydroxylation is 1. The fourth-order valence-electron chi connectivity index (χ4n) is 1.65. The van der Waals surface area contributed by atoms with Crippen LogP contribution in [0.4, 0.5) is 5.82 Å². The van der Waals surface area contributed by atoms with Crippen molar-refractivity contribution in [2.75, 3.05) is 5.73 Å². The maximum absolute atomic E-state index is 5.93. The molecule has 0 unspecified atom stereocenters. The number of anilines is 1. The van der Waals surface area contributed by atoms with Gasteiger partial charge in [0.2, 0.25) is 0 Å². The average molecular weight is 242 g/mol. The van der Waals surface area contributed by atoms with E-state index in [0.717, 1.165) is 20.8 Å². The first-order valence-corrected chi connectivity index (χ1v) is 6.01. The standard InChI is InChI=1S/C12H10N4S/c1-7-6-14-12(17-7)11-15-9-5-3-2-4-8(9)10(13)16-11/h2-6H,1H3,(H2,13,15,16). The van der Waals surface area contributed by atoms with Gasteiger partial charge in [-0.05, 0) is 19.1 Å². The molecule has 2 heterocycles. The molecule has 0 spiro atoms. The number of nitrogens with zero attached hydrogens (tertiary/aromatic N) is 3. The second-order valence-corrected chi connectivity index (χ2v) is 4.96. The molecule has 2 N–H and O–H groups in total. The molecular weight excluding hydrogens is 232 g/mol. The zero-order chi connectivity index (χ0) is 11.8. The van der Waals surface area contributed by atoms with Crippen molar-refractivity contribution in [1.82, 2.24) is 15.0 Å². The van der Waals surface area contributed by atoms with E-state index < -0.39 is 0 Å². The monoisotopic (exact) mass is 242 g/mol. The van der Waals surface area contributed by atoms with Gasteiger partial charge in [0.15, 0.2) is 10.8 Å². The molecule has 0 aliphatic carbocycles. The first kappa shape index (κ1) is 10.2. The molecule has 0 saturated carbocycles. The van der Waals surface area contributed by atoms with E-state index in [4.69, 9.17) is 5.73 Å². The van der Waals surface area contributed by atoms with Gasteiger partial charge < -0.3 is 5.73 Å². The predicted molar refractivity (Wildman–Crippen MR) is 69.8 cm³/mol. The lowest BCUT2D eigenvalue weighted by molar-refractivity contribution is 1.21. The van der Waals surface area contributed by atoms with Crippen LogP contribution in [0.25, 0.3) is 21.7 Å². The zero-order valence-electron chi connectivity index (χ0n) is 9.21. The highest BCUT2D eigenvalue weighted by molar-refractivity contribution is 7.14. The van der Waals surface area contributed by atoms with Gasteiger partial charge in [-0.15, -0.1) is 11.3 Å². The number of thiazole rings is 1. The number of hydrogen-bond donors (Lipinski definition) is 1. The second-order valence-electron chi connectivity index (χ2n) is 3.73. The summed E-state index contributed by atoms with van der Waals surface area (Å²) in [6.45, 7) is 2.01. The van der Waals surface area contributed by atoms with Gasteiger partial charge in [-0.25, -0.2) is 15.0 Å². The summed E-state index contributed by atoms with van der Waals surface area (Å²) in [5.74, 6) is 1.10. The Morgan fingerprint density at radius 2 is 2.00 bits per heavy atom. The average Bonchev–Trinajstić information content (AvgIpc) is 2.76. The third-order valence-electron chi connectivity index (χ3n) is 2.45. The van der Waals surface area contributed by atoms with Crippen molar-refractivity contribution in [2.45, 2.75) is 6.92 Å². The maximum atomic E-state index is 5.93. The lowest BCUT2D eigenvalue weighted by Gasteiger charge is -2.02. The molecular formula is C12H10N4S. The highest BCUT2D eigenvalue weighted by atomic mass is 32.1. The highest BCUT2D eigenvalue weighted by Gasteiger charge is 2.09. The third-order valence-corrected chi connectivity index (χ3v) is 3.35. The van der Waals surface area contributed by atoms with Gasteiger partial charge in [0, 0.05) is 16.5 Å². The molecule has 17 heavy (non-hydrogen) atoms. The Morgan fingerprint density at radius 1 is 1.18 bits per heavy atom. The number of fused-ring (bicyclic) bond motifs is 1. The van der Waals surface area contributed by atoms with Crippen molar-refractivity contribution in [3.63, 3.8) is 0 Å². The molecule has 0 aliphatic heterocycles. The Morgan fingerprint density at radius 3 is 2.76 bits per heavy atom. The van der Waals surface area contributed by atoms with Crippen LogP contribution in [0.3, 0.4) is 0 Å². The smallest absolute Gasteiger partial charge is 0.191 e. The second kappa shape index (κ2) is 3.78. The van der Waals surface area contributed by atoms with Crippen LogP contribution >= 0.6 is 11.3 Å². The van der Waals surface area contributed by atoms with Crippen molar-refractivity contribution in [1.29, 1.82) is 0 Å². The molecule has 5 heteroatoms. The van der Waals surface area contributed by atoms with Crippen LogP contribution in [0, 0.1) is 6.92 Å². The SMILES string of the molecule is Cc1cnc(-c2nc(N)c3ccccc3n2)s1. The molecule has 3 aromatic rings. The van der Waals surface area contributed by atoms with Crippen molar-refractivity contribution in [3.05, 3.63) is 35.3 Å². The Kier molecular flexibility index (Phi) is 2.26. The Hall–Kier alpha value is -2.01. The fraction of sp³-hybridized carbons (Fsp3) is 0.0833. The van der Waals surface area contributed by atoms with Gasteiger partial charge in [-0.3, -0.25) is 0 Å². The van der Waals surface area contributed by atoms with Gasteiger partial charge in [0.05, 0.1) is 5.52 Å². The van der Waals surface area contributed by atoms with E-state index in [1.807, 2.05) is 37.4 Å². The molecule has 0 radical (unpaired) electrons. The topological polar surface area (TPSA) is 64.7 Å². The lowest BCUT2D eigenvalue weighted by Crippen LogP contribution is -1.97. The molecule has 0 atom stereocenters. The van der Waals surface area contributed by atoms with Crippen LogP contribution in [0.15, 0.2) is 30.5 Å². The summed E-state index contributed by atoms with van der Waals surface area (Å²) in [5, 5.41) is 1.68. The quantitative estimate of drug-likeness (QED) is 0.712. The van der Waals surface area contributed by atoms with E-state index >= 15 is 0 Å². The van der Waals surface area contributed by atoms with Crippen molar-refractivity contribution < 1.29 is 0 Å². The Labute approximate surface area is 102 Å². The lowest BCUT2D eigenvalue weighted by atomic mass is 10.2. The molecule has 2 aromatic heterocycles. The van der Waals surface area contributed by atoms with Crippen LogP contribution in [-0.4, -0.2) is 15.0 Å². The zero-order valence-corrected chi connectivity index (χ0v) is 10.0. The number of benzene rings is 1. The first-order chi connectivity index (χ1) is 8.24. The minimum Gasteiger partial charge on any atom is -0.383 e. The summed E-state index contributed by atoms with van der Waals surface area (Å²) in [6.07, 6.45) is 1.81. The van der Waals surface area contributed by atoms with Crippen LogP contribution in [0.5, 0.6) is 0 Å². The predicted octanol–water partition coefficient (Wildman–Crippen LogP) is 2.64. The Balaban J connectivity index is 2.25. The molecule has 3 rings (SSSR count). The van der Waals surface area contributed by atoms with Crippen LogP contribution < -0.4 is 5.73 Å². The van der Waals surface area contributed by atoms with Crippen molar-refractivity contribution in [3.8, 4) is 10.8 Å². The molecule has 0 bridgehead atoms. The molecule has 4 nitrogen and oxygen atoms in total. The summed E-state index contributed by atoms with van der Waals surface area (Å²) in [5.41, 5.74) is 6.78. The first-order valence-electron chi connectivity index (χ1n) is 5.19. The number of aromatic nitrogens is 3. The van der Waals surface area contributed by atoms with Gasteiger partial charge >= 0.3 is 0 Å². The van der Waals surface area contributed by atoms with Crippen LogP contribution in [0.2, 0.25) is 0 Å². The molecule has 0 saturated heterocycles. The van der Waals surface area contributed by atoms with E-state index in [-0.39, 0.29) is 0 Å². The van der Waals surface area contributed by atoms with Crippen molar-refractivity contribution >= 4 is 28.1 Å². The van der Waals surface area contributed by atoms with Crippen LogP contribution in [-0.2, 0) is 0 Å². The minimum absolute atomic E-state index is 0.499. The van der Waals surface area contributed by atoms with Gasteiger partial charge in [0.1, 0.15) is 5.82 Å². The largest absolute Gasteiger partial charge is 0.383 e. The molecule has 0 fully saturated rings. The van der Waals surface area contributed by atoms with E-state index in [0.29, 0.717) is 11.6 Å². The fourth-order valence-corrected chi connectivity index (χ4v) is 2.35. The number of nitrogen functional groups attached to an aromatic ring is 1. The van der Waals surface area contributed by atoms with E-state index in [1.165, 1.54) is 0 Å². The molecule has 84 valence electrons. The number of nitrogens with two attached hydrogens (primary N) is 1. The molecule has 1 aromatic carbocycles. The molecule has 0 amide bonds. The summed E-state index contributed by atoms with van der Waals surface area (Å²) < 4.78 is 0. The van der Waals surface area contributed by atoms with E-state index in [9.17, 15) is 0 Å². The van der Waals surface area contributed by atoms with Gasteiger partial charge in [-0.2, -0.15) is 0 Å². The van der Waals surface area contributed by atoms with Crippen LogP contribution in [0.1, 0.15) is 4.88 Å².